The van der Waals surface area contributed by atoms with Crippen LogP contribution in [0, 0.1) is 0 Å². The van der Waals surface area contributed by atoms with Crippen molar-refractivity contribution in [1.29, 1.82) is 0 Å². The van der Waals surface area contributed by atoms with Crippen LogP contribution < -0.4 is 16.0 Å². The van der Waals surface area contributed by atoms with Gasteiger partial charge in [-0.1, -0.05) is 6.07 Å². The predicted molar refractivity (Wildman–Crippen MR) is 80.4 cm³/mol. The Balaban J connectivity index is 0.00000264. The van der Waals surface area contributed by atoms with Gasteiger partial charge in [-0.3, -0.25) is 9.59 Å². The number of halogens is 4. The van der Waals surface area contributed by atoms with E-state index in [2.05, 4.69) is 16.0 Å². The van der Waals surface area contributed by atoms with E-state index in [-0.39, 0.29) is 36.5 Å². The molecule has 2 rings (SSSR count). The Morgan fingerprint density at radius 2 is 2.04 bits per heavy atom. The molecule has 0 saturated carbocycles. The molecular formula is C14H17ClF3N3O2. The van der Waals surface area contributed by atoms with Gasteiger partial charge in [0, 0.05) is 18.2 Å². The number of hydrogen-bond donors (Lipinski definition) is 3. The summed E-state index contributed by atoms with van der Waals surface area (Å²) in [5, 5.41) is 8.12. The van der Waals surface area contributed by atoms with E-state index >= 15 is 0 Å². The molecule has 0 aromatic heterocycles. The zero-order valence-electron chi connectivity index (χ0n) is 12.1. The Labute approximate surface area is 137 Å². The van der Waals surface area contributed by atoms with Crippen molar-refractivity contribution in [2.75, 3.05) is 19.6 Å². The van der Waals surface area contributed by atoms with Gasteiger partial charge in [-0.2, -0.15) is 13.2 Å². The number of alkyl halides is 3. The minimum absolute atomic E-state index is 0. The summed E-state index contributed by atoms with van der Waals surface area (Å²) < 4.78 is 37.7. The van der Waals surface area contributed by atoms with Crippen molar-refractivity contribution >= 4 is 24.2 Å². The molecule has 2 amide bonds. The van der Waals surface area contributed by atoms with Gasteiger partial charge in [-0.05, 0) is 31.2 Å². The molecule has 3 N–H and O–H groups in total. The molecule has 0 bridgehead atoms. The minimum Gasteiger partial charge on any atom is -0.351 e. The van der Waals surface area contributed by atoms with Crippen LogP contribution in [0.5, 0.6) is 0 Å². The van der Waals surface area contributed by atoms with Crippen molar-refractivity contribution in [3.05, 3.63) is 35.4 Å². The minimum atomic E-state index is -4.51. The monoisotopic (exact) mass is 351 g/mol. The fourth-order valence-electron chi connectivity index (χ4n) is 2.16. The first-order valence-corrected chi connectivity index (χ1v) is 6.82. The van der Waals surface area contributed by atoms with E-state index in [1.807, 2.05) is 0 Å². The maximum atomic E-state index is 12.6. The first kappa shape index (κ1) is 19.2. The molecule has 1 aliphatic heterocycles. The number of nitrogens with one attached hydrogen (secondary N) is 3. The Hall–Kier alpha value is -1.80. The summed E-state index contributed by atoms with van der Waals surface area (Å²) in [6.45, 7) is 1.22. The molecule has 0 spiro atoms. The van der Waals surface area contributed by atoms with Gasteiger partial charge in [-0.15, -0.1) is 12.4 Å². The second-order valence-electron chi connectivity index (χ2n) is 5.02. The lowest BCUT2D eigenvalue weighted by atomic mass is 10.1. The zero-order chi connectivity index (χ0) is 16.2. The van der Waals surface area contributed by atoms with Gasteiger partial charge >= 0.3 is 6.18 Å². The molecule has 1 aromatic carbocycles. The van der Waals surface area contributed by atoms with Gasteiger partial charge < -0.3 is 16.0 Å². The van der Waals surface area contributed by atoms with Gasteiger partial charge in [0.25, 0.3) is 5.91 Å². The van der Waals surface area contributed by atoms with Crippen molar-refractivity contribution < 1.29 is 22.8 Å². The third-order valence-corrected chi connectivity index (χ3v) is 3.29. The number of amides is 2. The Kier molecular flexibility index (Phi) is 6.83. The summed E-state index contributed by atoms with van der Waals surface area (Å²) in [5.74, 6) is -1.08. The normalized spacial score (nSPS) is 17.3. The van der Waals surface area contributed by atoms with E-state index in [0.717, 1.165) is 31.2 Å². The number of rotatable bonds is 4. The fraction of sp³-hybridized carbons (Fsp3) is 0.429. The average Bonchev–Trinajstić information content (AvgIpc) is 2.97. The van der Waals surface area contributed by atoms with E-state index in [1.165, 1.54) is 6.07 Å². The highest BCUT2D eigenvalue weighted by Crippen LogP contribution is 2.29. The molecule has 1 heterocycles. The van der Waals surface area contributed by atoms with Crippen LogP contribution in [-0.2, 0) is 11.0 Å². The summed E-state index contributed by atoms with van der Waals surface area (Å²) in [6.07, 6.45) is -3.70. The molecule has 1 fully saturated rings. The summed E-state index contributed by atoms with van der Waals surface area (Å²) >= 11 is 0. The number of hydrogen-bond acceptors (Lipinski definition) is 3. The lowest BCUT2D eigenvalue weighted by Crippen LogP contribution is -2.42. The molecule has 0 unspecified atom stereocenters. The smallest absolute Gasteiger partial charge is 0.351 e. The average molecular weight is 352 g/mol. The fourth-order valence-corrected chi connectivity index (χ4v) is 2.16. The Morgan fingerprint density at radius 1 is 1.30 bits per heavy atom. The largest absolute Gasteiger partial charge is 0.416 e. The van der Waals surface area contributed by atoms with Crippen molar-refractivity contribution in [3.8, 4) is 0 Å². The van der Waals surface area contributed by atoms with Crippen molar-refractivity contribution in [2.24, 2.45) is 0 Å². The van der Waals surface area contributed by atoms with Gasteiger partial charge in [-0.25, -0.2) is 0 Å². The molecule has 23 heavy (non-hydrogen) atoms. The van der Waals surface area contributed by atoms with Gasteiger partial charge in [0.1, 0.15) is 0 Å². The lowest BCUT2D eigenvalue weighted by Gasteiger charge is -2.12. The van der Waals surface area contributed by atoms with Gasteiger partial charge in [0.05, 0.1) is 12.1 Å². The first-order valence-electron chi connectivity index (χ1n) is 6.82. The van der Waals surface area contributed by atoms with Crippen LogP contribution in [0.2, 0.25) is 0 Å². The summed E-state index contributed by atoms with van der Waals surface area (Å²) in [7, 11) is 0. The van der Waals surface area contributed by atoms with E-state index in [9.17, 15) is 22.8 Å². The Morgan fingerprint density at radius 3 is 2.65 bits per heavy atom. The molecule has 1 aromatic rings. The lowest BCUT2D eigenvalue weighted by molar-refractivity contribution is -0.137. The topological polar surface area (TPSA) is 70.2 Å². The number of carbonyl (C=O) groups excluding carboxylic acids is 2. The van der Waals surface area contributed by atoms with Crippen molar-refractivity contribution in [3.63, 3.8) is 0 Å². The summed E-state index contributed by atoms with van der Waals surface area (Å²) in [5.41, 5.74) is -1.04. The highest BCUT2D eigenvalue weighted by Gasteiger charge is 2.30. The first-order chi connectivity index (χ1) is 10.4. The van der Waals surface area contributed by atoms with E-state index < -0.39 is 17.6 Å². The highest BCUT2D eigenvalue weighted by atomic mass is 35.5. The second kappa shape index (κ2) is 8.16. The van der Waals surface area contributed by atoms with Gasteiger partial charge in [0.2, 0.25) is 5.91 Å². The van der Waals surface area contributed by atoms with Crippen LogP contribution in [0.4, 0.5) is 13.2 Å². The molecular weight excluding hydrogens is 335 g/mol. The molecule has 128 valence electrons. The van der Waals surface area contributed by atoms with Crippen LogP contribution in [0.3, 0.4) is 0 Å². The molecule has 0 aliphatic carbocycles. The van der Waals surface area contributed by atoms with Crippen LogP contribution in [0.15, 0.2) is 24.3 Å². The third-order valence-electron chi connectivity index (χ3n) is 3.29. The maximum absolute atomic E-state index is 12.6. The molecule has 1 atom stereocenters. The zero-order valence-corrected chi connectivity index (χ0v) is 12.9. The number of carbonyl (C=O) groups is 2. The van der Waals surface area contributed by atoms with E-state index in [1.54, 1.807) is 0 Å². The van der Waals surface area contributed by atoms with Crippen molar-refractivity contribution in [2.45, 2.75) is 18.6 Å². The Bertz CT molecular complexity index is 560. The van der Waals surface area contributed by atoms with E-state index in [0.29, 0.717) is 6.54 Å². The van der Waals surface area contributed by atoms with Crippen LogP contribution in [-0.4, -0.2) is 37.5 Å². The predicted octanol–water partition coefficient (Wildman–Crippen LogP) is 1.34. The molecule has 0 radical (unpaired) electrons. The summed E-state index contributed by atoms with van der Waals surface area (Å²) in [4.78, 5) is 23.4. The second-order valence-corrected chi connectivity index (χ2v) is 5.02. The molecule has 5 nitrogen and oxygen atoms in total. The highest BCUT2D eigenvalue weighted by molar-refractivity contribution is 5.96. The van der Waals surface area contributed by atoms with Gasteiger partial charge in [0.15, 0.2) is 0 Å². The SMILES string of the molecule is Cl.O=C(CNC(=O)c1cccc(C(F)(F)F)c1)N[C@@H]1CCNC1. The van der Waals surface area contributed by atoms with Crippen LogP contribution >= 0.6 is 12.4 Å². The van der Waals surface area contributed by atoms with Crippen LogP contribution in [0.25, 0.3) is 0 Å². The summed E-state index contributed by atoms with van der Waals surface area (Å²) in [6, 6.07) is 4.09. The van der Waals surface area contributed by atoms with Crippen molar-refractivity contribution in [1.82, 2.24) is 16.0 Å². The quantitative estimate of drug-likeness (QED) is 0.766. The molecule has 9 heteroatoms. The maximum Gasteiger partial charge on any atom is 0.416 e. The molecule has 1 aliphatic rings. The molecule has 1 saturated heterocycles. The standard InChI is InChI=1S/C14H16F3N3O2.ClH/c15-14(16,17)10-3-1-2-9(6-10)13(22)19-8-12(21)20-11-4-5-18-7-11;/h1-3,6,11,18H,4-5,7-8H2,(H,19,22)(H,20,21);1H/t11-;/m1./s1. The number of benzene rings is 1. The van der Waals surface area contributed by atoms with E-state index in [4.69, 9.17) is 0 Å². The third kappa shape index (κ3) is 5.72. The van der Waals surface area contributed by atoms with Crippen LogP contribution in [0.1, 0.15) is 22.3 Å².